The molecule has 2 aliphatic heterocycles. The first kappa shape index (κ1) is 39.0. The van der Waals surface area contributed by atoms with E-state index >= 15 is 0 Å². The second-order valence-electron chi connectivity index (χ2n) is 12.8. The molecule has 14 nitrogen and oxygen atoms in total. The first-order valence-corrected chi connectivity index (χ1v) is 18.5. The van der Waals surface area contributed by atoms with Crippen molar-refractivity contribution < 1.29 is 19.1 Å². The van der Waals surface area contributed by atoms with Gasteiger partial charge >= 0.3 is 6.09 Å². The molecule has 2 saturated heterocycles. The Bertz CT molecular complexity index is 1390. The van der Waals surface area contributed by atoms with Gasteiger partial charge in [0.2, 0.25) is 11.8 Å². The molecular formula is C34H50Cl2N10O4. The molecule has 3 amide bonds. The molecular weight excluding hydrogens is 683 g/mol. The van der Waals surface area contributed by atoms with E-state index in [4.69, 9.17) is 27.9 Å². The van der Waals surface area contributed by atoms with Gasteiger partial charge in [0.15, 0.2) is 0 Å². The predicted molar refractivity (Wildman–Crippen MR) is 191 cm³/mol. The summed E-state index contributed by atoms with van der Waals surface area (Å²) in [6, 6.07) is 5.54. The van der Waals surface area contributed by atoms with Gasteiger partial charge < -0.3 is 25.6 Å². The summed E-state index contributed by atoms with van der Waals surface area (Å²) in [4.78, 5) is 37.9. The number of halogens is 2. The molecule has 2 fully saturated rings. The number of unbranched alkanes of at least 4 members (excludes halogenated alkanes) is 4. The molecule has 0 spiro atoms. The van der Waals surface area contributed by atoms with Crippen molar-refractivity contribution in [2.75, 3.05) is 26.2 Å². The average Bonchev–Trinajstić information content (AvgIpc) is 3.83. The number of aryl methyl sites for hydroxylation is 2. The quantitative estimate of drug-likeness (QED) is 0.128. The highest BCUT2D eigenvalue weighted by atomic mass is 35.5. The standard InChI is InChI=1S/C21H27Cl2N5O3.C13H23N5O/c22-16-10-15(11-17(23)12-16)14-31-21(30)28-8-6-18(7-9-28)25-20(29)5-3-1-2-4-19-13-24-27-26-19;19-13(16-11-6-8-14-9-7-11)5-3-1-2-4-12-10-15-18-17-12/h10-13,18H,1-9,14H2,(H,25,29)(H,24,26,27);10-11,14H,1-9H2,(H,16,19)(H,15,17,18). The molecule has 50 heavy (non-hydrogen) atoms. The lowest BCUT2D eigenvalue weighted by atomic mass is 10.0. The maximum Gasteiger partial charge on any atom is 0.410 e. The second kappa shape index (κ2) is 22.1. The molecule has 5 N–H and O–H groups in total. The maximum atomic E-state index is 12.3. The molecule has 0 radical (unpaired) electrons. The van der Waals surface area contributed by atoms with Crippen molar-refractivity contribution in [3.63, 3.8) is 0 Å². The van der Waals surface area contributed by atoms with Gasteiger partial charge in [-0.25, -0.2) is 4.79 Å². The number of aromatic nitrogens is 6. The number of amides is 3. The van der Waals surface area contributed by atoms with Crippen LogP contribution in [-0.4, -0.2) is 91.9 Å². The number of rotatable bonds is 16. The number of piperidine rings is 2. The SMILES string of the molecule is O=C(CCCCCc1c[nH]nn1)NC1CCN(C(=O)OCc2cc(Cl)cc(Cl)c2)CC1.O=C(CCCCCc1c[nH]nn1)NC1CCNCC1. The number of hydrogen-bond donors (Lipinski definition) is 5. The molecule has 0 atom stereocenters. The van der Waals surface area contributed by atoms with Gasteiger partial charge in [0.1, 0.15) is 6.61 Å². The zero-order chi connectivity index (χ0) is 35.4. The van der Waals surface area contributed by atoms with Gasteiger partial charge in [-0.3, -0.25) is 19.8 Å². The Labute approximate surface area is 303 Å². The molecule has 2 aliphatic rings. The number of ether oxygens (including phenoxy) is 1. The van der Waals surface area contributed by atoms with Crippen LogP contribution in [0.4, 0.5) is 4.79 Å². The number of hydrogen-bond acceptors (Lipinski definition) is 9. The van der Waals surface area contributed by atoms with Crippen LogP contribution < -0.4 is 16.0 Å². The monoisotopic (exact) mass is 732 g/mol. The van der Waals surface area contributed by atoms with Crippen molar-refractivity contribution in [1.82, 2.24) is 51.7 Å². The minimum atomic E-state index is -0.368. The highest BCUT2D eigenvalue weighted by Crippen LogP contribution is 2.20. The number of carbonyl (C=O) groups excluding carboxylic acids is 3. The number of benzene rings is 1. The summed E-state index contributed by atoms with van der Waals surface area (Å²) in [5.41, 5.74) is 2.69. The third-order valence-electron chi connectivity index (χ3n) is 8.72. The lowest BCUT2D eigenvalue weighted by Gasteiger charge is -2.31. The summed E-state index contributed by atoms with van der Waals surface area (Å²) in [7, 11) is 0. The summed E-state index contributed by atoms with van der Waals surface area (Å²) in [5, 5.41) is 31.1. The van der Waals surface area contributed by atoms with Crippen LogP contribution >= 0.6 is 23.2 Å². The van der Waals surface area contributed by atoms with E-state index in [2.05, 4.69) is 46.8 Å². The van der Waals surface area contributed by atoms with Crippen LogP contribution in [0.3, 0.4) is 0 Å². The number of carbonyl (C=O) groups is 3. The van der Waals surface area contributed by atoms with Crippen LogP contribution in [0.5, 0.6) is 0 Å². The number of nitrogens with zero attached hydrogens (tertiary/aromatic N) is 5. The van der Waals surface area contributed by atoms with Crippen molar-refractivity contribution in [3.8, 4) is 0 Å². The first-order chi connectivity index (χ1) is 24.3. The fourth-order valence-corrected chi connectivity index (χ4v) is 6.51. The van der Waals surface area contributed by atoms with Crippen LogP contribution in [0.25, 0.3) is 0 Å². The third-order valence-corrected chi connectivity index (χ3v) is 9.15. The Balaban J connectivity index is 0.000000252. The summed E-state index contributed by atoms with van der Waals surface area (Å²) in [5.74, 6) is 0.272. The van der Waals surface area contributed by atoms with Crippen LogP contribution in [0.1, 0.15) is 94.0 Å². The minimum Gasteiger partial charge on any atom is -0.445 e. The highest BCUT2D eigenvalue weighted by Gasteiger charge is 2.25. The Kier molecular flexibility index (Phi) is 17.3. The molecule has 0 bridgehead atoms. The number of nitrogens with one attached hydrogen (secondary N) is 5. The lowest BCUT2D eigenvalue weighted by molar-refractivity contribution is -0.123. The summed E-state index contributed by atoms with van der Waals surface area (Å²) >= 11 is 11.9. The Hall–Kier alpha value is -3.75. The van der Waals surface area contributed by atoms with Gasteiger partial charge in [0.05, 0.1) is 11.4 Å². The van der Waals surface area contributed by atoms with Gasteiger partial charge in [0, 0.05) is 60.5 Å². The topological polar surface area (TPSA) is 183 Å². The van der Waals surface area contributed by atoms with E-state index in [-0.39, 0.29) is 30.6 Å². The van der Waals surface area contributed by atoms with E-state index in [0.717, 1.165) is 107 Å². The average molecular weight is 734 g/mol. The number of aromatic amines is 2. The van der Waals surface area contributed by atoms with E-state index in [9.17, 15) is 14.4 Å². The van der Waals surface area contributed by atoms with Crippen molar-refractivity contribution >= 4 is 41.1 Å². The highest BCUT2D eigenvalue weighted by molar-refractivity contribution is 6.34. The van der Waals surface area contributed by atoms with Crippen LogP contribution in [0.15, 0.2) is 30.6 Å². The van der Waals surface area contributed by atoms with Crippen LogP contribution in [0, 0.1) is 0 Å². The van der Waals surface area contributed by atoms with E-state index < -0.39 is 0 Å². The van der Waals surface area contributed by atoms with Gasteiger partial charge in [0.25, 0.3) is 0 Å². The molecule has 274 valence electrons. The zero-order valence-corrected chi connectivity index (χ0v) is 30.1. The molecule has 2 aromatic heterocycles. The first-order valence-electron chi connectivity index (χ1n) is 17.7. The fourth-order valence-electron chi connectivity index (χ4n) is 5.93. The molecule has 1 aromatic carbocycles. The van der Waals surface area contributed by atoms with Gasteiger partial charge in [-0.15, -0.1) is 10.2 Å². The smallest absolute Gasteiger partial charge is 0.410 e. The zero-order valence-electron chi connectivity index (χ0n) is 28.6. The molecule has 0 unspecified atom stereocenters. The minimum absolute atomic E-state index is 0.0697. The molecule has 5 rings (SSSR count). The van der Waals surface area contributed by atoms with Crippen molar-refractivity contribution in [3.05, 3.63) is 57.6 Å². The van der Waals surface area contributed by atoms with Crippen molar-refractivity contribution in [2.24, 2.45) is 0 Å². The summed E-state index contributed by atoms with van der Waals surface area (Å²) < 4.78 is 5.37. The Morgan fingerprint density at radius 3 is 1.76 bits per heavy atom. The van der Waals surface area contributed by atoms with Crippen molar-refractivity contribution in [1.29, 1.82) is 0 Å². The van der Waals surface area contributed by atoms with Crippen LogP contribution in [-0.2, 0) is 33.8 Å². The number of H-pyrrole nitrogens is 2. The predicted octanol–water partition coefficient (Wildman–Crippen LogP) is 4.91. The van der Waals surface area contributed by atoms with Crippen LogP contribution in [0.2, 0.25) is 10.0 Å². The second-order valence-corrected chi connectivity index (χ2v) is 13.7. The fraction of sp³-hybridized carbons (Fsp3) is 0.618. The molecule has 4 heterocycles. The Morgan fingerprint density at radius 2 is 1.26 bits per heavy atom. The molecule has 16 heteroatoms. The number of likely N-dealkylation sites (tertiary alicyclic amines) is 1. The van der Waals surface area contributed by atoms with E-state index in [1.165, 1.54) is 0 Å². The van der Waals surface area contributed by atoms with Gasteiger partial charge in [-0.2, -0.15) is 0 Å². The Morgan fingerprint density at radius 1 is 0.740 bits per heavy atom. The van der Waals surface area contributed by atoms with E-state index in [1.54, 1.807) is 29.3 Å². The van der Waals surface area contributed by atoms with Crippen molar-refractivity contribution in [2.45, 2.75) is 109 Å². The summed E-state index contributed by atoms with van der Waals surface area (Å²) in [6.07, 6.45) is 15.6. The normalized spacial score (nSPS) is 15.2. The lowest BCUT2D eigenvalue weighted by Crippen LogP contribution is -2.46. The summed E-state index contributed by atoms with van der Waals surface area (Å²) in [6.45, 7) is 3.26. The third kappa shape index (κ3) is 15.4. The molecule has 0 saturated carbocycles. The van der Waals surface area contributed by atoms with E-state index in [0.29, 0.717) is 42.0 Å². The van der Waals surface area contributed by atoms with Gasteiger partial charge in [-0.05, 0) is 101 Å². The molecule has 0 aliphatic carbocycles. The molecule has 3 aromatic rings. The van der Waals surface area contributed by atoms with Gasteiger partial charge in [-0.1, -0.05) is 46.5 Å². The van der Waals surface area contributed by atoms with E-state index in [1.807, 2.05) is 6.20 Å². The largest absolute Gasteiger partial charge is 0.445 e. The maximum absolute atomic E-state index is 12.3.